The molecule has 0 unspecified atom stereocenters. The predicted octanol–water partition coefficient (Wildman–Crippen LogP) is 0.575. The Morgan fingerprint density at radius 3 is 2.52 bits per heavy atom. The van der Waals surface area contributed by atoms with Gasteiger partial charge in [-0.25, -0.2) is 9.59 Å². The number of esters is 2. The van der Waals surface area contributed by atoms with Crippen LogP contribution in [0.3, 0.4) is 0 Å². The van der Waals surface area contributed by atoms with Crippen LogP contribution in [0.4, 0.5) is 0 Å². The van der Waals surface area contributed by atoms with Crippen LogP contribution in [0.25, 0.3) is 0 Å². The van der Waals surface area contributed by atoms with Crippen molar-refractivity contribution in [2.24, 2.45) is 16.7 Å². The van der Waals surface area contributed by atoms with E-state index in [1.165, 1.54) is 12.2 Å². The molecule has 0 aromatic rings. The molecule has 11 heteroatoms. The van der Waals surface area contributed by atoms with Crippen LogP contribution in [0, 0.1) is 16.7 Å². The molecule has 0 radical (unpaired) electrons. The van der Waals surface area contributed by atoms with Crippen LogP contribution in [-0.2, 0) is 38.0 Å². The van der Waals surface area contributed by atoms with E-state index in [1.54, 1.807) is 26.0 Å². The third-order valence-electron chi connectivity index (χ3n) is 10.7. The molecule has 13 atom stereocenters. The van der Waals surface area contributed by atoms with Gasteiger partial charge in [-0.05, 0) is 32.6 Å². The van der Waals surface area contributed by atoms with Gasteiger partial charge in [-0.1, -0.05) is 32.1 Å². The highest BCUT2D eigenvalue weighted by Gasteiger charge is 2.87. The van der Waals surface area contributed by atoms with Crippen molar-refractivity contribution in [3.05, 3.63) is 24.3 Å². The summed E-state index contributed by atoms with van der Waals surface area (Å²) in [4.78, 5) is 26.2. The molecule has 2 bridgehead atoms. The van der Waals surface area contributed by atoms with Gasteiger partial charge in [-0.15, -0.1) is 0 Å². The number of epoxide rings is 2. The van der Waals surface area contributed by atoms with Crippen LogP contribution >= 0.6 is 0 Å². The summed E-state index contributed by atoms with van der Waals surface area (Å²) in [6.07, 6.45) is 1.29. The molecular formula is C29H40O11. The summed E-state index contributed by atoms with van der Waals surface area (Å²) < 4.78 is 36.4. The topological polar surface area (TPSA) is 157 Å². The summed E-state index contributed by atoms with van der Waals surface area (Å²) in [5, 5.41) is 32.2. The standard InChI is InChI=1S/C29H40O11/c1-15-9-10-35-17(16(2)30)7-5-6-8-21(32)38-19-11-20-29(14-37-29)27(19,4)28(13-36-25(34)22(15)33)12-18(31)26(3)23(40-26)24(28)39-20/h5-8,15-20,22-24,30-31,33H,9-14H2,1-4H3/b7-5-,8-6+/t15-,16-,17+,18+,19-,20-,22-,23-,24+,26-,27+,28+,29-/m1/s1. The third kappa shape index (κ3) is 3.96. The molecule has 3 N–H and O–H groups in total. The van der Waals surface area contributed by atoms with Crippen LogP contribution in [0.2, 0.25) is 0 Å². The predicted molar refractivity (Wildman–Crippen MR) is 137 cm³/mol. The molecule has 0 amide bonds. The van der Waals surface area contributed by atoms with Gasteiger partial charge in [0.2, 0.25) is 0 Å². The first-order chi connectivity index (χ1) is 18.9. The highest BCUT2D eigenvalue weighted by atomic mass is 16.7. The highest BCUT2D eigenvalue weighted by Crippen LogP contribution is 2.75. The molecule has 0 aromatic carbocycles. The van der Waals surface area contributed by atoms with Crippen LogP contribution < -0.4 is 0 Å². The monoisotopic (exact) mass is 564 g/mol. The van der Waals surface area contributed by atoms with Gasteiger partial charge in [0.05, 0.1) is 36.4 Å². The van der Waals surface area contributed by atoms with Crippen molar-refractivity contribution >= 4 is 11.9 Å². The quantitative estimate of drug-likeness (QED) is 0.302. The molecule has 0 aromatic heterocycles. The number of hydrogen-bond donors (Lipinski definition) is 3. The molecule has 6 aliphatic rings. The van der Waals surface area contributed by atoms with E-state index in [2.05, 4.69) is 0 Å². The maximum Gasteiger partial charge on any atom is 0.335 e. The molecule has 6 rings (SSSR count). The molecule has 11 nitrogen and oxygen atoms in total. The molecule has 2 saturated carbocycles. The lowest BCUT2D eigenvalue weighted by atomic mass is 9.49. The first-order valence-corrected chi connectivity index (χ1v) is 14.2. The fourth-order valence-electron chi connectivity index (χ4n) is 7.77. The van der Waals surface area contributed by atoms with Gasteiger partial charge < -0.3 is 43.7 Å². The van der Waals surface area contributed by atoms with Gasteiger partial charge in [0, 0.05) is 24.5 Å². The molecule has 222 valence electrons. The third-order valence-corrected chi connectivity index (χ3v) is 10.7. The first-order valence-electron chi connectivity index (χ1n) is 14.2. The summed E-state index contributed by atoms with van der Waals surface area (Å²) in [6, 6.07) is 0. The van der Waals surface area contributed by atoms with Crippen LogP contribution in [0.15, 0.2) is 24.3 Å². The van der Waals surface area contributed by atoms with Crippen molar-refractivity contribution in [1.29, 1.82) is 0 Å². The molecule has 3 saturated heterocycles. The lowest BCUT2D eigenvalue weighted by molar-refractivity contribution is -0.261. The van der Waals surface area contributed by atoms with E-state index in [-0.39, 0.29) is 25.7 Å². The number of hydrogen-bond acceptors (Lipinski definition) is 11. The van der Waals surface area contributed by atoms with E-state index in [0.717, 1.165) is 0 Å². The van der Waals surface area contributed by atoms with Gasteiger partial charge in [0.15, 0.2) is 6.10 Å². The summed E-state index contributed by atoms with van der Waals surface area (Å²) in [5.74, 6) is -1.84. The average Bonchev–Trinajstić information content (AvgIpc) is 3.82. The van der Waals surface area contributed by atoms with Gasteiger partial charge >= 0.3 is 11.9 Å². The van der Waals surface area contributed by atoms with Gasteiger partial charge in [-0.2, -0.15) is 0 Å². The fourth-order valence-corrected chi connectivity index (χ4v) is 7.77. The van der Waals surface area contributed by atoms with E-state index >= 15 is 0 Å². The molecule has 4 heterocycles. The minimum absolute atomic E-state index is 0.172. The molecular weight excluding hydrogens is 524 g/mol. The molecule has 40 heavy (non-hydrogen) atoms. The Morgan fingerprint density at radius 2 is 1.82 bits per heavy atom. The summed E-state index contributed by atoms with van der Waals surface area (Å²) in [7, 11) is 0. The summed E-state index contributed by atoms with van der Waals surface area (Å²) >= 11 is 0. The van der Waals surface area contributed by atoms with Crippen molar-refractivity contribution < 1.29 is 53.3 Å². The maximum atomic E-state index is 13.2. The van der Waals surface area contributed by atoms with Crippen molar-refractivity contribution in [1.82, 2.24) is 0 Å². The Bertz CT molecular complexity index is 1100. The van der Waals surface area contributed by atoms with E-state index in [0.29, 0.717) is 19.4 Å². The second kappa shape index (κ2) is 9.58. The second-order valence-electron chi connectivity index (χ2n) is 12.8. The normalized spacial score (nSPS) is 54.6. The molecule has 2 spiro atoms. The van der Waals surface area contributed by atoms with E-state index in [1.807, 2.05) is 13.8 Å². The minimum Gasteiger partial charge on any atom is -0.463 e. The number of carbonyl (C=O) groups is 2. The van der Waals surface area contributed by atoms with Gasteiger partial charge in [0.25, 0.3) is 0 Å². The number of cyclic esters (lactones) is 1. The molecule has 4 aliphatic heterocycles. The van der Waals surface area contributed by atoms with Crippen LogP contribution in [0.5, 0.6) is 0 Å². The zero-order valence-electron chi connectivity index (χ0n) is 23.4. The van der Waals surface area contributed by atoms with Crippen LogP contribution in [0.1, 0.15) is 47.0 Å². The first kappa shape index (κ1) is 28.3. The van der Waals surface area contributed by atoms with E-state index in [9.17, 15) is 24.9 Å². The Hall–Kier alpha value is -1.86. The fraction of sp³-hybridized carbons (Fsp3) is 0.793. The zero-order valence-corrected chi connectivity index (χ0v) is 23.4. The maximum absolute atomic E-state index is 13.2. The Morgan fingerprint density at radius 1 is 1.07 bits per heavy atom. The minimum atomic E-state index is -1.41. The average molecular weight is 565 g/mol. The molecule has 5 fully saturated rings. The van der Waals surface area contributed by atoms with E-state index in [4.69, 9.17) is 28.4 Å². The van der Waals surface area contributed by atoms with Crippen molar-refractivity contribution in [2.45, 2.75) is 107 Å². The van der Waals surface area contributed by atoms with Gasteiger partial charge in [0.1, 0.15) is 36.1 Å². The second-order valence-corrected chi connectivity index (χ2v) is 12.8. The number of carbonyl (C=O) groups excluding carboxylic acids is 2. The van der Waals surface area contributed by atoms with Crippen molar-refractivity contribution in [3.63, 3.8) is 0 Å². The zero-order chi connectivity index (χ0) is 28.7. The number of ether oxygens (including phenoxy) is 6. The smallest absolute Gasteiger partial charge is 0.335 e. The lowest BCUT2D eigenvalue weighted by Gasteiger charge is -2.59. The Kier molecular flexibility index (Phi) is 6.77. The van der Waals surface area contributed by atoms with Crippen molar-refractivity contribution in [3.8, 4) is 0 Å². The number of aliphatic hydroxyl groups excluding tert-OH is 3. The Balaban J connectivity index is 1.37. The summed E-state index contributed by atoms with van der Waals surface area (Å²) in [6.45, 7) is 7.54. The SMILES string of the molecule is C[C@@H]1CCO[C@H]([C@@H](C)O)/C=C\C=C\C(=O)O[C@@H]2C[C@H]3O[C@H]4[C@H]5O[C@]5(C)[C@@H](O)C[C@@]4(COC(=O)[C@@H]1O)[C@@]2(C)[C@@]31CO1. The number of aliphatic hydroxyl groups is 3. The Labute approximate surface area is 233 Å². The van der Waals surface area contributed by atoms with Crippen LogP contribution in [-0.4, -0.2) is 107 Å². The van der Waals surface area contributed by atoms with Gasteiger partial charge in [-0.3, -0.25) is 0 Å². The van der Waals surface area contributed by atoms with Crippen molar-refractivity contribution in [2.75, 3.05) is 19.8 Å². The summed E-state index contributed by atoms with van der Waals surface area (Å²) in [5.41, 5.74) is -3.42. The number of allylic oxidation sites excluding steroid dienone is 2. The largest absolute Gasteiger partial charge is 0.463 e. The van der Waals surface area contributed by atoms with E-state index < -0.39 is 82.6 Å². The number of rotatable bonds is 1. The lowest BCUT2D eigenvalue weighted by Crippen LogP contribution is -2.71. The molecule has 2 aliphatic carbocycles. The number of fused-ring (bicyclic) bond motifs is 2. The highest BCUT2D eigenvalue weighted by molar-refractivity contribution is 5.82.